The van der Waals surface area contributed by atoms with E-state index >= 15 is 0 Å². The third-order valence-corrected chi connectivity index (χ3v) is 5.52. The molecule has 8 heteroatoms. The number of nitrogens with zero attached hydrogens (tertiary/aromatic N) is 4. The Hall–Kier alpha value is -4.30. The van der Waals surface area contributed by atoms with Crippen LogP contribution in [0, 0.1) is 10.1 Å². The number of amides is 1. The van der Waals surface area contributed by atoms with Crippen LogP contribution in [0.4, 0.5) is 5.69 Å². The summed E-state index contributed by atoms with van der Waals surface area (Å²) in [6.45, 7) is 1.30. The van der Waals surface area contributed by atoms with Crippen LogP contribution in [0.1, 0.15) is 16.7 Å². The fraction of sp³-hybridized carbons (Fsp3) is 0.185. The lowest BCUT2D eigenvalue weighted by Crippen LogP contribution is -2.24. The average Bonchev–Trinajstić information content (AvgIpc) is 3.27. The van der Waals surface area contributed by atoms with Crippen molar-refractivity contribution in [1.29, 1.82) is 0 Å². The molecule has 0 aliphatic carbocycles. The smallest absolute Gasteiger partial charge is 0.269 e. The maximum absolute atomic E-state index is 12.8. The monoisotopic (exact) mass is 469 g/mol. The van der Waals surface area contributed by atoms with Gasteiger partial charge in [0, 0.05) is 42.5 Å². The van der Waals surface area contributed by atoms with Crippen molar-refractivity contribution < 1.29 is 9.72 Å². The predicted octanol–water partition coefficient (Wildman–Crippen LogP) is 4.37. The zero-order valence-electron chi connectivity index (χ0n) is 19.7. The Morgan fingerprint density at radius 1 is 0.971 bits per heavy atom. The van der Waals surface area contributed by atoms with Crippen molar-refractivity contribution in [3.05, 3.63) is 112 Å². The normalized spacial score (nSPS) is 10.9. The van der Waals surface area contributed by atoms with Gasteiger partial charge in [-0.2, -0.15) is 5.10 Å². The predicted molar refractivity (Wildman–Crippen MR) is 135 cm³/mol. The van der Waals surface area contributed by atoms with Gasteiger partial charge in [-0.05, 0) is 49.5 Å². The number of hydrogen-bond donors (Lipinski definition) is 1. The van der Waals surface area contributed by atoms with Gasteiger partial charge in [-0.3, -0.25) is 14.9 Å². The van der Waals surface area contributed by atoms with E-state index in [1.807, 2.05) is 62.8 Å². The third-order valence-electron chi connectivity index (χ3n) is 5.52. The molecule has 35 heavy (non-hydrogen) atoms. The standard InChI is InChI=1S/C27H27N5O3/c1-30(2)18-21-10-8-20(9-11-21)17-28-26(33)16-23-19-31(24-6-4-3-5-7-24)29-27(23)22-12-14-25(15-13-22)32(34)35/h3-15,19H,16-18H2,1-2H3,(H,28,33). The van der Waals surface area contributed by atoms with Gasteiger partial charge in [0.2, 0.25) is 5.91 Å². The lowest BCUT2D eigenvalue weighted by Gasteiger charge is -2.10. The molecule has 0 unspecified atom stereocenters. The van der Waals surface area contributed by atoms with Crippen molar-refractivity contribution in [2.24, 2.45) is 0 Å². The molecule has 0 saturated carbocycles. The minimum absolute atomic E-state index is 0.00661. The first-order valence-electron chi connectivity index (χ1n) is 11.3. The molecular formula is C27H27N5O3. The van der Waals surface area contributed by atoms with Crippen LogP contribution in [0.15, 0.2) is 85.1 Å². The number of nitro groups is 1. The Bertz CT molecular complexity index is 1300. The molecule has 1 amide bonds. The van der Waals surface area contributed by atoms with Crippen molar-refractivity contribution in [2.75, 3.05) is 14.1 Å². The van der Waals surface area contributed by atoms with Gasteiger partial charge in [-0.1, -0.05) is 42.5 Å². The number of nitrogens with one attached hydrogen (secondary N) is 1. The lowest BCUT2D eigenvalue weighted by atomic mass is 10.1. The van der Waals surface area contributed by atoms with Gasteiger partial charge < -0.3 is 10.2 Å². The minimum atomic E-state index is -0.437. The Kier molecular flexibility index (Phi) is 7.32. The molecule has 0 spiro atoms. The third kappa shape index (κ3) is 6.18. The summed E-state index contributed by atoms with van der Waals surface area (Å²) in [5.41, 5.74) is 5.17. The number of para-hydroxylation sites is 1. The number of rotatable bonds is 9. The maximum Gasteiger partial charge on any atom is 0.269 e. The molecule has 0 fully saturated rings. The van der Waals surface area contributed by atoms with E-state index in [0.29, 0.717) is 17.8 Å². The van der Waals surface area contributed by atoms with Crippen LogP contribution in [-0.4, -0.2) is 39.6 Å². The fourth-order valence-corrected chi connectivity index (χ4v) is 3.80. The summed E-state index contributed by atoms with van der Waals surface area (Å²) in [5, 5.41) is 18.7. The molecule has 1 heterocycles. The van der Waals surface area contributed by atoms with E-state index in [9.17, 15) is 14.9 Å². The van der Waals surface area contributed by atoms with E-state index in [1.165, 1.54) is 17.7 Å². The SMILES string of the molecule is CN(C)Cc1ccc(CNC(=O)Cc2cn(-c3ccccc3)nc2-c2ccc([N+](=O)[O-])cc2)cc1. The molecule has 0 radical (unpaired) electrons. The molecule has 0 aliphatic rings. The molecular weight excluding hydrogens is 442 g/mol. The lowest BCUT2D eigenvalue weighted by molar-refractivity contribution is -0.384. The van der Waals surface area contributed by atoms with E-state index in [1.54, 1.807) is 16.8 Å². The number of carbonyl (C=O) groups excluding carboxylic acids is 1. The summed E-state index contributed by atoms with van der Waals surface area (Å²) >= 11 is 0. The number of hydrogen-bond acceptors (Lipinski definition) is 5. The molecule has 0 bridgehead atoms. The van der Waals surface area contributed by atoms with Crippen molar-refractivity contribution in [1.82, 2.24) is 20.0 Å². The highest BCUT2D eigenvalue weighted by Gasteiger charge is 2.16. The van der Waals surface area contributed by atoms with Gasteiger partial charge in [-0.15, -0.1) is 0 Å². The molecule has 3 aromatic carbocycles. The highest BCUT2D eigenvalue weighted by atomic mass is 16.6. The van der Waals surface area contributed by atoms with Crippen LogP contribution in [0.3, 0.4) is 0 Å². The van der Waals surface area contributed by atoms with Gasteiger partial charge in [0.1, 0.15) is 0 Å². The van der Waals surface area contributed by atoms with E-state index in [-0.39, 0.29) is 18.0 Å². The summed E-state index contributed by atoms with van der Waals surface area (Å²) in [5.74, 6) is -0.127. The first-order valence-corrected chi connectivity index (χ1v) is 11.3. The Labute approximate surface area is 204 Å². The number of aromatic nitrogens is 2. The van der Waals surface area contributed by atoms with Crippen LogP contribution in [-0.2, 0) is 24.3 Å². The van der Waals surface area contributed by atoms with Crippen molar-refractivity contribution in [2.45, 2.75) is 19.5 Å². The van der Waals surface area contributed by atoms with Gasteiger partial charge in [0.15, 0.2) is 0 Å². The van der Waals surface area contributed by atoms with Crippen molar-refractivity contribution in [3.63, 3.8) is 0 Å². The zero-order valence-corrected chi connectivity index (χ0v) is 19.7. The highest BCUT2D eigenvalue weighted by Crippen LogP contribution is 2.26. The summed E-state index contributed by atoms with van der Waals surface area (Å²) in [4.78, 5) is 25.5. The second kappa shape index (κ2) is 10.8. The molecule has 0 saturated heterocycles. The Balaban J connectivity index is 1.51. The molecule has 4 aromatic rings. The molecule has 1 N–H and O–H groups in total. The average molecular weight is 470 g/mol. The minimum Gasteiger partial charge on any atom is -0.352 e. The van der Waals surface area contributed by atoms with Gasteiger partial charge in [0.05, 0.1) is 22.7 Å². The Morgan fingerprint density at radius 2 is 1.63 bits per heavy atom. The largest absolute Gasteiger partial charge is 0.352 e. The second-order valence-corrected chi connectivity index (χ2v) is 8.59. The summed E-state index contributed by atoms with van der Waals surface area (Å²) in [6, 6.07) is 24.0. The number of benzene rings is 3. The Morgan fingerprint density at radius 3 is 2.26 bits per heavy atom. The van der Waals surface area contributed by atoms with Gasteiger partial charge >= 0.3 is 0 Å². The number of carbonyl (C=O) groups is 1. The summed E-state index contributed by atoms with van der Waals surface area (Å²) < 4.78 is 1.73. The highest BCUT2D eigenvalue weighted by molar-refractivity contribution is 5.81. The maximum atomic E-state index is 12.8. The first kappa shape index (κ1) is 23.8. The van der Waals surface area contributed by atoms with Gasteiger partial charge in [-0.25, -0.2) is 4.68 Å². The topological polar surface area (TPSA) is 93.3 Å². The molecule has 4 rings (SSSR count). The summed E-state index contributed by atoms with van der Waals surface area (Å²) in [6.07, 6.45) is 1.97. The van der Waals surface area contributed by atoms with E-state index in [2.05, 4.69) is 22.3 Å². The number of non-ortho nitro benzene ring substituents is 1. The van der Waals surface area contributed by atoms with Crippen molar-refractivity contribution >= 4 is 11.6 Å². The van der Waals surface area contributed by atoms with E-state index in [0.717, 1.165) is 23.4 Å². The first-order chi connectivity index (χ1) is 16.9. The van der Waals surface area contributed by atoms with E-state index in [4.69, 9.17) is 5.10 Å². The van der Waals surface area contributed by atoms with Crippen LogP contribution in [0.2, 0.25) is 0 Å². The van der Waals surface area contributed by atoms with Crippen LogP contribution in [0.5, 0.6) is 0 Å². The number of nitro benzene ring substituents is 1. The van der Waals surface area contributed by atoms with Crippen molar-refractivity contribution in [3.8, 4) is 16.9 Å². The van der Waals surface area contributed by atoms with Crippen LogP contribution in [0.25, 0.3) is 16.9 Å². The molecule has 0 aliphatic heterocycles. The van der Waals surface area contributed by atoms with Crippen LogP contribution >= 0.6 is 0 Å². The summed E-state index contributed by atoms with van der Waals surface area (Å²) in [7, 11) is 4.05. The van der Waals surface area contributed by atoms with Gasteiger partial charge in [0.25, 0.3) is 5.69 Å². The quantitative estimate of drug-likeness (QED) is 0.290. The molecule has 1 aromatic heterocycles. The van der Waals surface area contributed by atoms with Crippen LogP contribution < -0.4 is 5.32 Å². The molecule has 0 atom stereocenters. The molecule has 8 nitrogen and oxygen atoms in total. The second-order valence-electron chi connectivity index (χ2n) is 8.59. The zero-order chi connectivity index (χ0) is 24.8. The fourth-order valence-electron chi connectivity index (χ4n) is 3.80. The van der Waals surface area contributed by atoms with E-state index < -0.39 is 4.92 Å². The molecule has 178 valence electrons.